The molecule has 0 bridgehead atoms. The summed E-state index contributed by atoms with van der Waals surface area (Å²) < 4.78 is 34.1. The van der Waals surface area contributed by atoms with Crippen LogP contribution in [-0.4, -0.2) is 29.2 Å². The topological polar surface area (TPSA) is 123 Å². The van der Waals surface area contributed by atoms with Crippen LogP contribution in [0.1, 0.15) is 0 Å². The van der Waals surface area contributed by atoms with E-state index >= 15 is 0 Å². The maximum Gasteiger partial charge on any atom is 1.00 e. The number of primary amides is 1. The van der Waals surface area contributed by atoms with Crippen LogP contribution in [0.25, 0.3) is 0 Å². The Bertz CT molecular complexity index is 186. The van der Waals surface area contributed by atoms with Gasteiger partial charge in [-0.3, -0.25) is 13.2 Å². The molecule has 2 N–H and O–H groups in total. The van der Waals surface area contributed by atoms with Gasteiger partial charge in [0, 0.05) is 10.4 Å². The molecule has 0 unspecified atom stereocenters. The van der Waals surface area contributed by atoms with Gasteiger partial charge in [-0.2, -0.15) is 12.6 Å². The quantitative estimate of drug-likeness (QED) is 0.207. The smallest absolute Gasteiger partial charge is 0.759 e. The van der Waals surface area contributed by atoms with Gasteiger partial charge in [0.05, 0.1) is 5.75 Å². The maximum atomic E-state index is 9.51. The number of rotatable bonds is 1. The van der Waals surface area contributed by atoms with E-state index in [-0.39, 0.29) is 92.6 Å². The van der Waals surface area contributed by atoms with Gasteiger partial charge < -0.3 is 14.8 Å². The van der Waals surface area contributed by atoms with Crippen LogP contribution in [0.15, 0.2) is 0 Å². The van der Waals surface area contributed by atoms with Gasteiger partial charge in [-0.05, 0) is 0 Å². The number of thiol groups is 1. The van der Waals surface area contributed by atoms with Crippen LogP contribution in [0.5, 0.6) is 0 Å². The van der Waals surface area contributed by atoms with Gasteiger partial charge in [0.25, 0.3) is 0 Å². The van der Waals surface area contributed by atoms with E-state index in [9.17, 15) is 4.79 Å². The minimum atomic E-state index is -5.17. The largest absolute Gasteiger partial charge is 1.00 e. The minimum Gasteiger partial charge on any atom is -0.759 e. The third kappa shape index (κ3) is 84.5. The van der Waals surface area contributed by atoms with E-state index in [2.05, 4.69) is 18.4 Å². The van der Waals surface area contributed by atoms with Crippen molar-refractivity contribution in [3.05, 3.63) is 0 Å². The Morgan fingerprint density at radius 2 is 1.50 bits per heavy atom. The molecule has 0 aliphatic rings. The molecule has 62 valence electrons. The van der Waals surface area contributed by atoms with Gasteiger partial charge in [-0.25, -0.2) is 0 Å². The molecule has 10 heteroatoms. The predicted octanol–water partition coefficient (Wildman–Crippen LogP) is -7.93. The summed E-state index contributed by atoms with van der Waals surface area (Å²) in [6.45, 7) is 0. The number of nitrogens with two attached hydrogens (primary N) is 1. The van der Waals surface area contributed by atoms with E-state index in [0.29, 0.717) is 0 Å². The maximum absolute atomic E-state index is 9.51. The summed E-state index contributed by atoms with van der Waals surface area (Å²) >= 11 is 3.54. The Morgan fingerprint density at radius 1 is 1.42 bits per heavy atom. The molecule has 0 aromatic rings. The summed E-state index contributed by atoms with van der Waals surface area (Å²) in [6.07, 6.45) is 0. The van der Waals surface area contributed by atoms with Crippen LogP contribution in [0.4, 0.5) is 0 Å². The number of carbonyl (C=O) groups is 1. The average Bonchev–Trinajstić information content (AvgIpc) is 1.61. The first kappa shape index (κ1) is 23.9. The molecule has 0 saturated heterocycles. The van der Waals surface area contributed by atoms with Crippen molar-refractivity contribution in [3.8, 4) is 0 Å². The molecule has 0 rings (SSSR count). The molecule has 1 amide bonds. The molecule has 0 saturated carbocycles. The molecule has 0 aromatic heterocycles. The van der Waals surface area contributed by atoms with E-state index < -0.39 is 10.4 Å². The summed E-state index contributed by atoms with van der Waals surface area (Å²) in [5, 5.41) is 0. The van der Waals surface area contributed by atoms with Gasteiger partial charge in [-0.15, -0.1) is 0 Å². The van der Waals surface area contributed by atoms with Gasteiger partial charge >= 0.3 is 80.9 Å². The Balaban J connectivity index is -0.0000000457. The van der Waals surface area contributed by atoms with Gasteiger partial charge in [0.2, 0.25) is 5.91 Å². The first-order valence-corrected chi connectivity index (χ1v) is 3.80. The van der Waals surface area contributed by atoms with Crippen molar-refractivity contribution in [3.63, 3.8) is 0 Å². The first-order valence-electron chi connectivity index (χ1n) is 1.83. The van der Waals surface area contributed by atoms with Crippen molar-refractivity contribution in [2.24, 2.45) is 5.73 Å². The Hall–Kier alpha value is 2.33. The summed E-state index contributed by atoms with van der Waals surface area (Å²) in [5.74, 6) is -0.242. The molecule has 0 aliphatic carbocycles. The molecule has 0 spiro atoms. The molecule has 12 heavy (non-hydrogen) atoms. The molecule has 6 nitrogen and oxygen atoms in total. The van der Waals surface area contributed by atoms with E-state index in [1.807, 2.05) is 0 Å². The second kappa shape index (κ2) is 13.3. The fourth-order valence-corrected chi connectivity index (χ4v) is 0. The van der Waals surface area contributed by atoms with Crippen molar-refractivity contribution in [1.29, 1.82) is 0 Å². The van der Waals surface area contributed by atoms with E-state index in [4.69, 9.17) is 17.5 Å². The van der Waals surface area contributed by atoms with Crippen LogP contribution >= 0.6 is 12.6 Å². The normalized spacial score (nSPS) is 7.92. The molecule has 0 aromatic carbocycles. The van der Waals surface area contributed by atoms with E-state index in [1.54, 1.807) is 0 Å². The van der Waals surface area contributed by atoms with Crippen molar-refractivity contribution < 1.29 is 103 Å². The summed E-state index contributed by atoms with van der Waals surface area (Å²) in [5.41, 5.74) is 4.58. The number of amides is 1. The zero-order valence-electron chi connectivity index (χ0n) is 6.68. The van der Waals surface area contributed by atoms with Crippen LogP contribution in [-0.2, 0) is 15.2 Å². The second-order valence-corrected chi connectivity index (χ2v) is 2.17. The molecule has 0 aliphatic heterocycles. The zero-order chi connectivity index (χ0) is 8.78. The van der Waals surface area contributed by atoms with Crippen molar-refractivity contribution in [1.82, 2.24) is 0 Å². The minimum absolute atomic E-state index is 0. The third-order valence-electron chi connectivity index (χ3n) is 0.156. The Morgan fingerprint density at radius 3 is 1.50 bits per heavy atom. The number of hydrogen-bond donors (Lipinski definition) is 2. The Kier molecular flexibility index (Phi) is 26.5. The molecule has 0 atom stereocenters. The number of hydrogen-bond acceptors (Lipinski definition) is 6. The summed E-state index contributed by atoms with van der Waals surface area (Å²) in [7, 11) is -5.17. The standard InChI is InChI=1S/C2H5NOS.K.Na.H2O4S/c3-2(4)1-5;;;1-5(2,3)4/h5H,1H2,(H2,3,4);;;(H2,1,2,3,4)/q;2*+1;/p-2. The Labute approximate surface area is 141 Å². The van der Waals surface area contributed by atoms with Gasteiger partial charge in [0.15, 0.2) is 0 Å². The molecular formula is C2H5KNNaO5S2. The predicted molar refractivity (Wildman–Crippen MR) is 33.5 cm³/mol. The number of carbonyl (C=O) groups excluding carboxylic acids is 1. The summed E-state index contributed by atoms with van der Waals surface area (Å²) in [4.78, 5) is 9.51. The van der Waals surface area contributed by atoms with Crippen LogP contribution in [0.2, 0.25) is 0 Å². The van der Waals surface area contributed by atoms with Gasteiger partial charge in [0.1, 0.15) is 0 Å². The van der Waals surface area contributed by atoms with Crippen LogP contribution in [0, 0.1) is 0 Å². The zero-order valence-corrected chi connectivity index (χ0v) is 13.5. The van der Waals surface area contributed by atoms with Crippen molar-refractivity contribution in [2.45, 2.75) is 0 Å². The second-order valence-electron chi connectivity index (χ2n) is 1.03. The van der Waals surface area contributed by atoms with Crippen molar-refractivity contribution in [2.75, 3.05) is 5.75 Å². The SMILES string of the molecule is NC(=O)CS.O=S(=O)([O-])[O-].[K+].[Na+]. The van der Waals surface area contributed by atoms with Crippen LogP contribution < -0.4 is 86.7 Å². The monoisotopic (exact) mass is 249 g/mol. The third-order valence-corrected chi connectivity index (χ3v) is 0.468. The molecular weight excluding hydrogens is 244 g/mol. The molecule has 0 heterocycles. The summed E-state index contributed by atoms with van der Waals surface area (Å²) in [6, 6.07) is 0. The fourth-order valence-electron chi connectivity index (χ4n) is 0. The van der Waals surface area contributed by atoms with Crippen LogP contribution in [0.3, 0.4) is 0 Å². The first-order chi connectivity index (χ1) is 4.27. The van der Waals surface area contributed by atoms with Crippen molar-refractivity contribution >= 4 is 28.9 Å². The average molecular weight is 249 g/mol. The molecule has 0 fully saturated rings. The van der Waals surface area contributed by atoms with Gasteiger partial charge in [-0.1, -0.05) is 0 Å². The molecule has 0 radical (unpaired) electrons. The fraction of sp³-hybridized carbons (Fsp3) is 0.500. The van der Waals surface area contributed by atoms with E-state index in [1.165, 1.54) is 0 Å². The van der Waals surface area contributed by atoms with E-state index in [0.717, 1.165) is 0 Å².